The van der Waals surface area contributed by atoms with E-state index < -0.39 is 0 Å². The number of aryl methyl sites for hydroxylation is 1. The van der Waals surface area contributed by atoms with Crippen molar-refractivity contribution in [2.75, 3.05) is 5.73 Å². The molecule has 0 saturated heterocycles. The molecular weight excluding hydrogens is 224 g/mol. The van der Waals surface area contributed by atoms with E-state index in [0.29, 0.717) is 12.4 Å². The van der Waals surface area contributed by atoms with E-state index in [1.54, 1.807) is 6.20 Å². The molecule has 0 saturated carbocycles. The largest absolute Gasteiger partial charge is 0.489 e. The zero-order valence-corrected chi connectivity index (χ0v) is 10.6. The number of ether oxygens (including phenoxy) is 1. The number of hydrogen-bond donors (Lipinski definition) is 1. The summed E-state index contributed by atoms with van der Waals surface area (Å²) in [6.45, 7) is 2.69. The normalized spacial score (nSPS) is 10.3. The summed E-state index contributed by atoms with van der Waals surface area (Å²) in [5.41, 5.74) is 7.99. The molecule has 0 aliphatic rings. The van der Waals surface area contributed by atoms with Gasteiger partial charge in [0, 0.05) is 6.20 Å². The van der Waals surface area contributed by atoms with Crippen molar-refractivity contribution in [2.45, 2.75) is 26.4 Å². The fourth-order valence-corrected chi connectivity index (χ4v) is 1.79. The maximum Gasteiger partial charge on any atom is 0.123 e. The summed E-state index contributed by atoms with van der Waals surface area (Å²) >= 11 is 0. The third kappa shape index (κ3) is 3.48. The second-order valence-corrected chi connectivity index (χ2v) is 4.27. The molecule has 2 aromatic rings. The zero-order chi connectivity index (χ0) is 12.8. The summed E-state index contributed by atoms with van der Waals surface area (Å²) in [5.74, 6) is 1.40. The quantitative estimate of drug-likeness (QED) is 0.875. The van der Waals surface area contributed by atoms with Gasteiger partial charge in [-0.25, -0.2) is 4.98 Å². The molecule has 3 heteroatoms. The van der Waals surface area contributed by atoms with Gasteiger partial charge in [-0.3, -0.25) is 0 Å². The lowest BCUT2D eigenvalue weighted by atomic mass is 10.1. The number of nitrogens with two attached hydrogens (primary N) is 1. The van der Waals surface area contributed by atoms with E-state index in [0.717, 1.165) is 24.2 Å². The van der Waals surface area contributed by atoms with Crippen LogP contribution >= 0.6 is 0 Å². The van der Waals surface area contributed by atoms with Crippen LogP contribution in [0, 0.1) is 0 Å². The van der Waals surface area contributed by atoms with Crippen molar-refractivity contribution in [3.8, 4) is 5.75 Å². The molecule has 0 bridgehead atoms. The second-order valence-electron chi connectivity index (χ2n) is 4.27. The van der Waals surface area contributed by atoms with E-state index in [4.69, 9.17) is 10.5 Å². The Labute approximate surface area is 108 Å². The van der Waals surface area contributed by atoms with Crippen LogP contribution < -0.4 is 10.5 Å². The number of nitrogen functional groups attached to an aromatic ring is 1. The van der Waals surface area contributed by atoms with Crippen LogP contribution in [0.5, 0.6) is 5.75 Å². The molecule has 0 spiro atoms. The molecule has 2 rings (SSSR count). The first-order valence-corrected chi connectivity index (χ1v) is 6.20. The highest BCUT2D eigenvalue weighted by atomic mass is 16.5. The Morgan fingerprint density at radius 3 is 2.56 bits per heavy atom. The number of aromatic nitrogens is 1. The molecule has 1 heterocycles. The van der Waals surface area contributed by atoms with Crippen molar-refractivity contribution in [2.24, 2.45) is 0 Å². The molecule has 2 N–H and O–H groups in total. The van der Waals surface area contributed by atoms with Crippen molar-refractivity contribution < 1.29 is 4.74 Å². The second kappa shape index (κ2) is 6.05. The molecule has 0 unspecified atom stereocenters. The highest BCUT2D eigenvalue weighted by Gasteiger charge is 1.98. The van der Waals surface area contributed by atoms with Crippen molar-refractivity contribution in [1.29, 1.82) is 0 Å². The average molecular weight is 242 g/mol. The van der Waals surface area contributed by atoms with Crippen LogP contribution in [0.4, 0.5) is 5.82 Å². The Balaban J connectivity index is 1.93. The van der Waals surface area contributed by atoms with Gasteiger partial charge in [0.05, 0.1) is 0 Å². The van der Waals surface area contributed by atoms with Crippen LogP contribution in [0.25, 0.3) is 0 Å². The standard InChI is InChI=1S/C15H18N2O/c1-2-3-12-4-6-14(7-5-12)18-11-13-8-9-17-15(16)10-13/h4-10H,2-3,11H2,1H3,(H2,16,17). The number of anilines is 1. The summed E-state index contributed by atoms with van der Waals surface area (Å²) < 4.78 is 5.70. The van der Waals surface area contributed by atoms with Gasteiger partial charge in [0.25, 0.3) is 0 Å². The van der Waals surface area contributed by atoms with E-state index in [-0.39, 0.29) is 0 Å². The number of hydrogen-bond acceptors (Lipinski definition) is 3. The molecule has 1 aromatic heterocycles. The first-order chi connectivity index (χ1) is 8.78. The fraction of sp³-hybridized carbons (Fsp3) is 0.267. The summed E-state index contributed by atoms with van der Waals surface area (Å²) in [7, 11) is 0. The lowest BCUT2D eigenvalue weighted by Crippen LogP contribution is -1.98. The van der Waals surface area contributed by atoms with E-state index in [1.807, 2.05) is 24.3 Å². The summed E-state index contributed by atoms with van der Waals surface area (Å²) in [4.78, 5) is 3.95. The molecule has 3 nitrogen and oxygen atoms in total. The molecule has 0 fully saturated rings. The maximum atomic E-state index is 5.70. The van der Waals surface area contributed by atoms with Gasteiger partial charge in [-0.2, -0.15) is 0 Å². The maximum absolute atomic E-state index is 5.70. The first-order valence-electron chi connectivity index (χ1n) is 6.20. The molecule has 0 aliphatic heterocycles. The number of benzene rings is 1. The first kappa shape index (κ1) is 12.4. The fourth-order valence-electron chi connectivity index (χ4n) is 1.79. The molecule has 0 amide bonds. The predicted octanol–water partition coefficient (Wildman–Crippen LogP) is 3.20. The molecule has 18 heavy (non-hydrogen) atoms. The number of rotatable bonds is 5. The Morgan fingerprint density at radius 2 is 1.89 bits per heavy atom. The average Bonchev–Trinajstić information content (AvgIpc) is 2.38. The third-order valence-electron chi connectivity index (χ3n) is 2.71. The monoisotopic (exact) mass is 242 g/mol. The Morgan fingerprint density at radius 1 is 1.11 bits per heavy atom. The highest BCUT2D eigenvalue weighted by Crippen LogP contribution is 2.15. The lowest BCUT2D eigenvalue weighted by Gasteiger charge is -2.07. The highest BCUT2D eigenvalue weighted by molar-refractivity contribution is 5.32. The number of nitrogens with zero attached hydrogens (tertiary/aromatic N) is 1. The third-order valence-corrected chi connectivity index (χ3v) is 2.71. The van der Waals surface area contributed by atoms with E-state index in [2.05, 4.69) is 24.0 Å². The van der Waals surface area contributed by atoms with Crippen LogP contribution in [-0.2, 0) is 13.0 Å². The summed E-state index contributed by atoms with van der Waals surface area (Å²) in [6.07, 6.45) is 3.97. The van der Waals surface area contributed by atoms with Gasteiger partial charge in [-0.15, -0.1) is 0 Å². The predicted molar refractivity (Wildman–Crippen MR) is 73.4 cm³/mol. The molecule has 0 aliphatic carbocycles. The van der Waals surface area contributed by atoms with Gasteiger partial charge in [0.15, 0.2) is 0 Å². The molecule has 0 radical (unpaired) electrons. The Bertz CT molecular complexity index is 494. The minimum absolute atomic E-state index is 0.514. The Hall–Kier alpha value is -2.03. The van der Waals surface area contributed by atoms with Crippen LogP contribution in [0.1, 0.15) is 24.5 Å². The summed E-state index contributed by atoms with van der Waals surface area (Å²) in [6, 6.07) is 12.0. The minimum Gasteiger partial charge on any atom is -0.489 e. The zero-order valence-electron chi connectivity index (χ0n) is 10.6. The number of pyridine rings is 1. The van der Waals surface area contributed by atoms with Gasteiger partial charge >= 0.3 is 0 Å². The van der Waals surface area contributed by atoms with Crippen molar-refractivity contribution in [3.05, 3.63) is 53.7 Å². The van der Waals surface area contributed by atoms with E-state index in [1.165, 1.54) is 5.56 Å². The van der Waals surface area contributed by atoms with Crippen LogP contribution in [-0.4, -0.2) is 4.98 Å². The lowest BCUT2D eigenvalue weighted by molar-refractivity contribution is 0.306. The molecule has 0 atom stereocenters. The van der Waals surface area contributed by atoms with Gasteiger partial charge < -0.3 is 10.5 Å². The van der Waals surface area contributed by atoms with Crippen LogP contribution in [0.15, 0.2) is 42.6 Å². The van der Waals surface area contributed by atoms with Gasteiger partial charge in [0.1, 0.15) is 18.2 Å². The van der Waals surface area contributed by atoms with E-state index >= 15 is 0 Å². The van der Waals surface area contributed by atoms with Crippen molar-refractivity contribution in [3.63, 3.8) is 0 Å². The van der Waals surface area contributed by atoms with Crippen molar-refractivity contribution >= 4 is 5.82 Å². The Kier molecular flexibility index (Phi) is 4.18. The molecule has 1 aromatic carbocycles. The van der Waals surface area contributed by atoms with Gasteiger partial charge in [-0.1, -0.05) is 25.5 Å². The van der Waals surface area contributed by atoms with Crippen LogP contribution in [0.2, 0.25) is 0 Å². The molecular formula is C15H18N2O. The minimum atomic E-state index is 0.514. The van der Waals surface area contributed by atoms with Gasteiger partial charge in [-0.05, 0) is 41.8 Å². The smallest absolute Gasteiger partial charge is 0.123 e. The van der Waals surface area contributed by atoms with E-state index in [9.17, 15) is 0 Å². The SMILES string of the molecule is CCCc1ccc(OCc2ccnc(N)c2)cc1. The molecule has 94 valence electrons. The summed E-state index contributed by atoms with van der Waals surface area (Å²) in [5, 5.41) is 0. The van der Waals surface area contributed by atoms with Gasteiger partial charge in [0.2, 0.25) is 0 Å². The topological polar surface area (TPSA) is 48.1 Å². The van der Waals surface area contributed by atoms with Crippen molar-refractivity contribution in [1.82, 2.24) is 4.98 Å². The van der Waals surface area contributed by atoms with Crippen LogP contribution in [0.3, 0.4) is 0 Å².